The summed E-state index contributed by atoms with van der Waals surface area (Å²) in [5.41, 5.74) is 21.5. The standard InChI is InChI=1S/C67H42N2S/c1-3-17-43(18-4-1)44-31-33-46(34-32-44)68(48-36-40-63-57(42-48)52-24-11-15-29-62(52)69(63)45-19-5-2-6-20-45)47-35-38-60-56(41-47)50-22-8-7-21-49(50)51-23-9-13-27-58(51)67(60)59-28-14-10-26-55(59)65-61(67)39-37-54-53-25-12-16-30-64(53)70-66(54)65/h1-42H. The highest BCUT2D eigenvalue weighted by Crippen LogP contribution is 2.64. The molecule has 1 unspecified atom stereocenters. The highest BCUT2D eigenvalue weighted by Gasteiger charge is 2.50. The lowest BCUT2D eigenvalue weighted by atomic mass is 9.66. The Hall–Kier alpha value is -8.76. The Balaban J connectivity index is 1.01. The first kappa shape index (κ1) is 39.3. The molecular formula is C67H42N2S. The molecule has 1 spiro atoms. The van der Waals surface area contributed by atoms with Crippen LogP contribution in [-0.4, -0.2) is 4.57 Å². The Labute approximate surface area is 410 Å². The molecule has 0 fully saturated rings. The predicted molar refractivity (Wildman–Crippen MR) is 296 cm³/mol. The largest absolute Gasteiger partial charge is 0.310 e. The SMILES string of the molecule is c1ccc(-c2ccc(N(c3ccc4c(c3)-c3ccccc3-c3ccccc3C43c4ccccc4-c4c3ccc3c4sc4ccccc43)c3ccc4c(c3)c3ccccc3n4-c3ccccc3)cc2)cc1. The molecule has 2 nitrogen and oxygen atoms in total. The quantitative estimate of drug-likeness (QED) is 0.167. The minimum atomic E-state index is -0.597. The monoisotopic (exact) mass is 906 g/mol. The van der Waals surface area contributed by atoms with E-state index in [1.807, 2.05) is 11.3 Å². The van der Waals surface area contributed by atoms with E-state index in [0.717, 1.165) is 22.7 Å². The van der Waals surface area contributed by atoms with Crippen LogP contribution in [0, 0.1) is 0 Å². The van der Waals surface area contributed by atoms with Gasteiger partial charge in [-0.2, -0.15) is 0 Å². The molecule has 1 atom stereocenters. The molecule has 0 saturated carbocycles. The number of para-hydroxylation sites is 2. The normalized spacial score (nSPS) is 14.3. The van der Waals surface area contributed by atoms with E-state index in [1.165, 1.54) is 109 Å². The maximum absolute atomic E-state index is 2.49. The summed E-state index contributed by atoms with van der Waals surface area (Å²) in [5, 5.41) is 5.08. The molecule has 326 valence electrons. The zero-order valence-corrected chi connectivity index (χ0v) is 38.9. The molecule has 70 heavy (non-hydrogen) atoms. The van der Waals surface area contributed by atoms with Crippen LogP contribution in [0.2, 0.25) is 0 Å². The number of fused-ring (bicyclic) bond motifs is 19. The molecule has 2 aliphatic carbocycles. The molecule has 0 radical (unpaired) electrons. The highest BCUT2D eigenvalue weighted by molar-refractivity contribution is 7.26. The second-order valence-corrected chi connectivity index (χ2v) is 19.8. The van der Waals surface area contributed by atoms with E-state index in [4.69, 9.17) is 0 Å². The third-order valence-electron chi connectivity index (χ3n) is 15.2. The average Bonchev–Trinajstić information content (AvgIpc) is 4.06. The number of anilines is 3. The van der Waals surface area contributed by atoms with Crippen LogP contribution in [0.3, 0.4) is 0 Å². The highest BCUT2D eigenvalue weighted by atomic mass is 32.1. The molecule has 11 aromatic carbocycles. The van der Waals surface area contributed by atoms with Crippen molar-refractivity contribution in [2.75, 3.05) is 4.90 Å². The van der Waals surface area contributed by atoms with Gasteiger partial charge in [-0.25, -0.2) is 0 Å². The molecule has 2 aromatic heterocycles. The van der Waals surface area contributed by atoms with Gasteiger partial charge >= 0.3 is 0 Å². The zero-order valence-electron chi connectivity index (χ0n) is 38.1. The molecule has 0 aliphatic heterocycles. The summed E-state index contributed by atoms with van der Waals surface area (Å²) in [6.07, 6.45) is 0. The van der Waals surface area contributed by atoms with E-state index in [-0.39, 0.29) is 0 Å². The van der Waals surface area contributed by atoms with Crippen LogP contribution >= 0.6 is 11.3 Å². The van der Waals surface area contributed by atoms with Crippen molar-refractivity contribution in [2.45, 2.75) is 5.41 Å². The van der Waals surface area contributed by atoms with Gasteiger partial charge in [0.15, 0.2) is 0 Å². The van der Waals surface area contributed by atoms with E-state index in [9.17, 15) is 0 Å². The first-order valence-electron chi connectivity index (χ1n) is 24.2. The maximum Gasteiger partial charge on any atom is 0.0726 e. The van der Waals surface area contributed by atoms with E-state index in [1.54, 1.807) is 0 Å². The van der Waals surface area contributed by atoms with Crippen LogP contribution in [0.25, 0.3) is 92.2 Å². The van der Waals surface area contributed by atoms with Gasteiger partial charge in [0, 0.05) is 59.3 Å². The van der Waals surface area contributed by atoms with Crippen molar-refractivity contribution in [3.05, 3.63) is 277 Å². The van der Waals surface area contributed by atoms with Crippen molar-refractivity contribution in [3.8, 4) is 50.2 Å². The van der Waals surface area contributed by atoms with Crippen molar-refractivity contribution in [2.24, 2.45) is 0 Å². The Morgan fingerprint density at radius 3 is 1.67 bits per heavy atom. The first-order chi connectivity index (χ1) is 34.7. The Kier molecular flexibility index (Phi) is 8.48. The van der Waals surface area contributed by atoms with Gasteiger partial charge in [-0.1, -0.05) is 188 Å². The van der Waals surface area contributed by atoms with Crippen LogP contribution < -0.4 is 4.90 Å². The minimum Gasteiger partial charge on any atom is -0.310 e. The minimum absolute atomic E-state index is 0.597. The smallest absolute Gasteiger partial charge is 0.0726 e. The molecule has 13 aromatic rings. The molecule has 0 saturated heterocycles. The van der Waals surface area contributed by atoms with Crippen LogP contribution in [0.5, 0.6) is 0 Å². The van der Waals surface area contributed by atoms with Gasteiger partial charge in [0.25, 0.3) is 0 Å². The van der Waals surface area contributed by atoms with Crippen LogP contribution in [0.1, 0.15) is 22.3 Å². The predicted octanol–water partition coefficient (Wildman–Crippen LogP) is 18.3. The maximum atomic E-state index is 2.49. The molecule has 2 heterocycles. The van der Waals surface area contributed by atoms with E-state index < -0.39 is 5.41 Å². The lowest BCUT2D eigenvalue weighted by Crippen LogP contribution is -2.29. The first-order valence-corrected chi connectivity index (χ1v) is 25.0. The molecular weight excluding hydrogens is 865 g/mol. The van der Waals surface area contributed by atoms with E-state index >= 15 is 0 Å². The number of benzene rings is 11. The van der Waals surface area contributed by atoms with Gasteiger partial charge in [0.05, 0.1) is 16.4 Å². The Morgan fingerprint density at radius 2 is 0.871 bits per heavy atom. The molecule has 2 aliphatic rings. The fourth-order valence-corrected chi connectivity index (χ4v) is 13.6. The number of rotatable bonds is 5. The van der Waals surface area contributed by atoms with Gasteiger partial charge in [-0.3, -0.25) is 0 Å². The van der Waals surface area contributed by atoms with Crippen molar-refractivity contribution in [3.63, 3.8) is 0 Å². The summed E-state index contributed by atoms with van der Waals surface area (Å²) >= 11 is 1.93. The summed E-state index contributed by atoms with van der Waals surface area (Å²) in [5.74, 6) is 0. The summed E-state index contributed by atoms with van der Waals surface area (Å²) in [4.78, 5) is 2.47. The Morgan fingerprint density at radius 1 is 0.329 bits per heavy atom. The molecule has 15 rings (SSSR count). The van der Waals surface area contributed by atoms with Crippen LogP contribution in [-0.2, 0) is 5.41 Å². The molecule has 3 heteroatoms. The second-order valence-electron chi connectivity index (χ2n) is 18.7. The summed E-state index contributed by atoms with van der Waals surface area (Å²) in [7, 11) is 0. The van der Waals surface area contributed by atoms with Gasteiger partial charge in [-0.15, -0.1) is 11.3 Å². The van der Waals surface area contributed by atoms with Crippen LogP contribution in [0.15, 0.2) is 255 Å². The van der Waals surface area contributed by atoms with Crippen molar-refractivity contribution in [1.82, 2.24) is 4.57 Å². The van der Waals surface area contributed by atoms with Crippen molar-refractivity contribution < 1.29 is 0 Å². The van der Waals surface area contributed by atoms with E-state index in [2.05, 4.69) is 264 Å². The topological polar surface area (TPSA) is 8.17 Å². The van der Waals surface area contributed by atoms with Gasteiger partial charge in [-0.05, 0) is 128 Å². The van der Waals surface area contributed by atoms with Gasteiger partial charge in [0.1, 0.15) is 0 Å². The Bertz CT molecular complexity index is 4240. The number of nitrogens with zero attached hydrogens (tertiary/aromatic N) is 2. The lowest BCUT2D eigenvalue weighted by Gasteiger charge is -2.36. The zero-order chi connectivity index (χ0) is 45.9. The number of aromatic nitrogens is 1. The number of hydrogen-bond acceptors (Lipinski definition) is 2. The fraction of sp³-hybridized carbons (Fsp3) is 0.0149. The second kappa shape index (κ2) is 15.1. The van der Waals surface area contributed by atoms with Crippen molar-refractivity contribution >= 4 is 70.4 Å². The van der Waals surface area contributed by atoms with Gasteiger partial charge in [0.2, 0.25) is 0 Å². The summed E-state index contributed by atoms with van der Waals surface area (Å²) < 4.78 is 5.07. The third-order valence-corrected chi connectivity index (χ3v) is 16.4. The summed E-state index contributed by atoms with van der Waals surface area (Å²) in [6.45, 7) is 0. The molecule has 0 N–H and O–H groups in total. The molecule has 0 bridgehead atoms. The molecule has 0 amide bonds. The summed E-state index contributed by atoms with van der Waals surface area (Å²) in [6, 6.07) is 95.0. The third kappa shape index (κ3) is 5.49. The van der Waals surface area contributed by atoms with Crippen LogP contribution in [0.4, 0.5) is 17.1 Å². The number of hydrogen-bond donors (Lipinski definition) is 0. The van der Waals surface area contributed by atoms with Crippen molar-refractivity contribution in [1.29, 1.82) is 0 Å². The van der Waals surface area contributed by atoms with E-state index in [0.29, 0.717) is 0 Å². The average molecular weight is 907 g/mol. The number of thiophene rings is 1. The lowest BCUT2D eigenvalue weighted by molar-refractivity contribution is 0.776. The van der Waals surface area contributed by atoms with Gasteiger partial charge < -0.3 is 9.47 Å². The fourth-order valence-electron chi connectivity index (χ4n) is 12.3.